The summed E-state index contributed by atoms with van der Waals surface area (Å²) in [5.74, 6) is 0.235. The van der Waals surface area contributed by atoms with E-state index in [4.69, 9.17) is 14.6 Å². The summed E-state index contributed by atoms with van der Waals surface area (Å²) in [6.45, 7) is 1.70. The minimum atomic E-state index is -0.771. The lowest BCUT2D eigenvalue weighted by molar-refractivity contribution is -0.141. The number of benzene rings is 1. The lowest BCUT2D eigenvalue weighted by Crippen LogP contribution is -2.10. The van der Waals surface area contributed by atoms with Gasteiger partial charge < -0.3 is 14.6 Å². The summed E-state index contributed by atoms with van der Waals surface area (Å²) in [6.07, 6.45) is 1.24. The fourth-order valence-corrected chi connectivity index (χ4v) is 1.65. The van der Waals surface area contributed by atoms with Crippen molar-refractivity contribution in [2.45, 2.75) is 19.8 Å². The minimum Gasteiger partial charge on any atom is -0.493 e. The van der Waals surface area contributed by atoms with Gasteiger partial charge in [-0.2, -0.15) is 0 Å². The van der Waals surface area contributed by atoms with Gasteiger partial charge in [0, 0.05) is 0 Å². The van der Waals surface area contributed by atoms with Crippen LogP contribution >= 0.6 is 0 Å². The van der Waals surface area contributed by atoms with Gasteiger partial charge >= 0.3 is 5.97 Å². The molecule has 0 radical (unpaired) electrons. The fourth-order valence-electron chi connectivity index (χ4n) is 1.65. The van der Waals surface area contributed by atoms with Gasteiger partial charge in [-0.05, 0) is 24.5 Å². The van der Waals surface area contributed by atoms with Crippen molar-refractivity contribution in [3.8, 4) is 11.5 Å². The van der Waals surface area contributed by atoms with Crippen molar-refractivity contribution < 1.29 is 19.4 Å². The largest absolute Gasteiger partial charge is 0.493 e. The van der Waals surface area contributed by atoms with Crippen LogP contribution in [0.25, 0.3) is 0 Å². The molecule has 4 heteroatoms. The topological polar surface area (TPSA) is 55.8 Å². The summed E-state index contributed by atoms with van der Waals surface area (Å²) in [7, 11) is 3.17. The second-order valence-electron chi connectivity index (χ2n) is 3.93. The van der Waals surface area contributed by atoms with Gasteiger partial charge in [0.25, 0.3) is 0 Å². The van der Waals surface area contributed by atoms with Crippen LogP contribution in [0, 0.1) is 5.92 Å². The Hall–Kier alpha value is -1.71. The predicted molar refractivity (Wildman–Crippen MR) is 64.7 cm³/mol. The van der Waals surface area contributed by atoms with Gasteiger partial charge in [-0.25, -0.2) is 0 Å². The number of carbonyl (C=O) groups is 1. The number of aliphatic carboxylic acids is 1. The third-order valence-electron chi connectivity index (χ3n) is 2.75. The summed E-state index contributed by atoms with van der Waals surface area (Å²) in [4.78, 5) is 10.7. The second-order valence-corrected chi connectivity index (χ2v) is 3.93. The van der Waals surface area contributed by atoms with Gasteiger partial charge in [0.05, 0.1) is 20.1 Å². The van der Waals surface area contributed by atoms with E-state index in [0.29, 0.717) is 24.3 Å². The van der Waals surface area contributed by atoms with Crippen molar-refractivity contribution >= 4 is 5.97 Å². The Morgan fingerprint density at radius 1 is 1.35 bits per heavy atom. The molecule has 0 aliphatic rings. The van der Waals surface area contributed by atoms with Gasteiger partial charge in [-0.1, -0.05) is 19.1 Å². The van der Waals surface area contributed by atoms with Crippen LogP contribution in [0.1, 0.15) is 18.9 Å². The first-order chi connectivity index (χ1) is 8.10. The molecule has 0 saturated carbocycles. The average molecular weight is 238 g/mol. The first-order valence-electron chi connectivity index (χ1n) is 5.52. The second kappa shape index (κ2) is 6.13. The lowest BCUT2D eigenvalue weighted by atomic mass is 10.0. The molecule has 0 heterocycles. The molecule has 0 aromatic heterocycles. The van der Waals surface area contributed by atoms with Gasteiger partial charge in [0.1, 0.15) is 0 Å². The fraction of sp³-hybridized carbons (Fsp3) is 0.462. The first-order valence-corrected chi connectivity index (χ1v) is 5.52. The molecule has 0 aliphatic carbocycles. The van der Waals surface area contributed by atoms with E-state index in [9.17, 15) is 4.79 Å². The normalized spacial score (nSPS) is 11.9. The molecule has 0 spiro atoms. The number of carboxylic acids is 1. The number of rotatable bonds is 6. The van der Waals surface area contributed by atoms with Crippen LogP contribution in [0.2, 0.25) is 0 Å². The molecular weight excluding hydrogens is 220 g/mol. The van der Waals surface area contributed by atoms with Gasteiger partial charge in [-0.3, -0.25) is 4.79 Å². The molecular formula is C13H18O4. The van der Waals surface area contributed by atoms with Gasteiger partial charge in [0.2, 0.25) is 0 Å². The number of aryl methyl sites for hydroxylation is 1. The molecule has 0 fully saturated rings. The Bertz CT molecular complexity index is 387. The number of para-hydroxylation sites is 1. The zero-order valence-electron chi connectivity index (χ0n) is 10.4. The quantitative estimate of drug-likeness (QED) is 0.826. The number of hydrogen-bond acceptors (Lipinski definition) is 3. The third kappa shape index (κ3) is 3.37. The molecule has 0 amide bonds. The zero-order chi connectivity index (χ0) is 12.8. The van der Waals surface area contributed by atoms with Gasteiger partial charge in [-0.15, -0.1) is 0 Å². The molecule has 17 heavy (non-hydrogen) atoms. The van der Waals surface area contributed by atoms with E-state index < -0.39 is 5.97 Å². The zero-order valence-corrected chi connectivity index (χ0v) is 10.4. The van der Waals surface area contributed by atoms with E-state index >= 15 is 0 Å². The Morgan fingerprint density at radius 3 is 2.59 bits per heavy atom. The van der Waals surface area contributed by atoms with E-state index in [2.05, 4.69) is 0 Å². The van der Waals surface area contributed by atoms with Gasteiger partial charge in [0.15, 0.2) is 11.5 Å². The van der Waals surface area contributed by atoms with E-state index in [0.717, 1.165) is 5.56 Å². The number of hydrogen-bond donors (Lipinski definition) is 1. The van der Waals surface area contributed by atoms with Crippen LogP contribution < -0.4 is 9.47 Å². The molecule has 0 aliphatic heterocycles. The van der Waals surface area contributed by atoms with E-state index in [-0.39, 0.29) is 5.92 Å². The van der Waals surface area contributed by atoms with Crippen LogP contribution in [0.5, 0.6) is 11.5 Å². The monoisotopic (exact) mass is 238 g/mol. The van der Waals surface area contributed by atoms with Crippen LogP contribution in [0.4, 0.5) is 0 Å². The Morgan fingerprint density at radius 2 is 2.06 bits per heavy atom. The summed E-state index contributed by atoms with van der Waals surface area (Å²) in [5, 5.41) is 8.83. The summed E-state index contributed by atoms with van der Waals surface area (Å²) < 4.78 is 10.5. The van der Waals surface area contributed by atoms with E-state index in [1.807, 2.05) is 18.2 Å². The van der Waals surface area contributed by atoms with Crippen molar-refractivity contribution in [2.75, 3.05) is 14.2 Å². The average Bonchev–Trinajstić information content (AvgIpc) is 2.34. The predicted octanol–water partition coefficient (Wildman–Crippen LogP) is 2.36. The maximum Gasteiger partial charge on any atom is 0.306 e. The molecule has 1 rings (SSSR count). The maximum atomic E-state index is 10.7. The molecule has 1 aromatic rings. The summed E-state index contributed by atoms with van der Waals surface area (Å²) in [6, 6.07) is 5.63. The summed E-state index contributed by atoms with van der Waals surface area (Å²) >= 11 is 0. The van der Waals surface area contributed by atoms with Crippen molar-refractivity contribution in [1.29, 1.82) is 0 Å². The highest BCUT2D eigenvalue weighted by molar-refractivity contribution is 5.69. The smallest absolute Gasteiger partial charge is 0.306 e. The van der Waals surface area contributed by atoms with Crippen LogP contribution in [-0.4, -0.2) is 25.3 Å². The highest BCUT2D eigenvalue weighted by Gasteiger charge is 2.14. The molecule has 94 valence electrons. The number of methoxy groups -OCH3 is 2. The Balaban J connectivity index is 2.80. The van der Waals surface area contributed by atoms with Crippen LogP contribution in [0.15, 0.2) is 18.2 Å². The highest BCUT2D eigenvalue weighted by atomic mass is 16.5. The van der Waals surface area contributed by atoms with Crippen LogP contribution in [0.3, 0.4) is 0 Å². The molecule has 0 bridgehead atoms. The minimum absolute atomic E-state index is 0.356. The number of carboxylic acid groups (broad SMARTS) is 1. The van der Waals surface area contributed by atoms with Crippen molar-refractivity contribution in [3.05, 3.63) is 23.8 Å². The molecule has 1 aromatic carbocycles. The molecule has 0 unspecified atom stereocenters. The highest BCUT2D eigenvalue weighted by Crippen LogP contribution is 2.31. The molecule has 1 N–H and O–H groups in total. The lowest BCUT2D eigenvalue weighted by Gasteiger charge is -2.13. The Labute approximate surface area is 101 Å². The van der Waals surface area contributed by atoms with Crippen molar-refractivity contribution in [1.82, 2.24) is 0 Å². The summed E-state index contributed by atoms with van der Waals surface area (Å²) in [5.41, 5.74) is 0.972. The Kier molecular flexibility index (Phi) is 4.82. The third-order valence-corrected chi connectivity index (χ3v) is 2.75. The van der Waals surface area contributed by atoms with E-state index in [1.54, 1.807) is 21.1 Å². The number of ether oxygens (including phenoxy) is 2. The first kappa shape index (κ1) is 13.4. The molecule has 1 atom stereocenters. The van der Waals surface area contributed by atoms with E-state index in [1.165, 1.54) is 0 Å². The SMILES string of the molecule is COc1cccc(CC[C@H](C)C(=O)O)c1OC. The van der Waals surface area contributed by atoms with Crippen molar-refractivity contribution in [3.63, 3.8) is 0 Å². The molecule has 4 nitrogen and oxygen atoms in total. The standard InChI is InChI=1S/C13H18O4/c1-9(13(14)15)7-8-10-5-4-6-11(16-2)12(10)17-3/h4-6,9H,7-8H2,1-3H3,(H,14,15)/t9-/m0/s1. The molecule has 0 saturated heterocycles. The van der Waals surface area contributed by atoms with Crippen molar-refractivity contribution in [2.24, 2.45) is 5.92 Å². The van der Waals surface area contributed by atoms with Crippen LogP contribution in [-0.2, 0) is 11.2 Å². The maximum absolute atomic E-state index is 10.7.